The third-order valence-corrected chi connectivity index (χ3v) is 4.01. The first-order valence-corrected chi connectivity index (χ1v) is 7.88. The van der Waals surface area contributed by atoms with Crippen LogP contribution in [0.1, 0.15) is 5.82 Å². The predicted molar refractivity (Wildman–Crippen MR) is 92.1 cm³/mol. The third kappa shape index (κ3) is 4.24. The van der Waals surface area contributed by atoms with Crippen LogP contribution in [0.15, 0.2) is 24.7 Å². The van der Waals surface area contributed by atoms with Gasteiger partial charge in [0.05, 0.1) is 23.3 Å². The monoisotopic (exact) mass is 347 g/mol. The molecule has 0 unspecified atom stereocenters. The van der Waals surface area contributed by atoms with Crippen molar-refractivity contribution in [2.75, 3.05) is 38.1 Å². The molecule has 0 atom stereocenters. The minimum absolute atomic E-state index is 0.389. The minimum Gasteiger partial charge on any atom is -0.354 e. The summed E-state index contributed by atoms with van der Waals surface area (Å²) in [4.78, 5) is 20.2. The molecular weight excluding hydrogens is 328 g/mol. The highest BCUT2D eigenvalue weighted by Crippen LogP contribution is 2.20. The van der Waals surface area contributed by atoms with Crippen LogP contribution in [0.2, 0.25) is 0 Å². The lowest BCUT2D eigenvalue weighted by Crippen LogP contribution is -2.44. The van der Waals surface area contributed by atoms with Gasteiger partial charge in [0, 0.05) is 32.2 Å². The topological polar surface area (TPSA) is 84.8 Å². The Labute approximate surface area is 143 Å². The maximum Gasteiger partial charge on any atom is 0.279 e. The van der Waals surface area contributed by atoms with E-state index in [2.05, 4.69) is 36.8 Å². The Morgan fingerprint density at radius 1 is 1.24 bits per heavy atom. The van der Waals surface area contributed by atoms with Gasteiger partial charge in [-0.2, -0.15) is 0 Å². The second kappa shape index (κ2) is 7.47. The zero-order chi connectivity index (χ0) is 17.8. The Hall–Kier alpha value is -2.68. The second-order valence-corrected chi connectivity index (χ2v) is 5.82. The Balaban J connectivity index is 1.74. The summed E-state index contributed by atoms with van der Waals surface area (Å²) in [5.41, 5.74) is 0.596. The molecule has 0 aliphatic carbocycles. The molecule has 9 heteroatoms. The van der Waals surface area contributed by atoms with Crippen LogP contribution in [0.25, 0.3) is 17.5 Å². The first-order valence-electron chi connectivity index (χ1n) is 7.88. The molecule has 1 saturated heterocycles. The van der Waals surface area contributed by atoms with Gasteiger partial charge in [0.1, 0.15) is 18.0 Å². The zero-order valence-electron chi connectivity index (χ0n) is 13.8. The number of H-pyrrole nitrogens is 1. The Bertz CT molecular complexity index is 763. The molecule has 2 N–H and O–H groups in total. The SMILES string of the molecule is CN1CCN(c2cc(-c3cnc(/C=C\C(=N)C(F)F)[nH]3)ncn2)CC1. The molecule has 25 heavy (non-hydrogen) atoms. The van der Waals surface area contributed by atoms with Crippen molar-refractivity contribution >= 4 is 17.6 Å². The summed E-state index contributed by atoms with van der Waals surface area (Å²) < 4.78 is 24.6. The van der Waals surface area contributed by atoms with E-state index in [1.807, 2.05) is 6.07 Å². The van der Waals surface area contributed by atoms with Gasteiger partial charge in [0.15, 0.2) is 0 Å². The average Bonchev–Trinajstić information content (AvgIpc) is 3.09. The lowest BCUT2D eigenvalue weighted by Gasteiger charge is -2.33. The highest BCUT2D eigenvalue weighted by atomic mass is 19.3. The van der Waals surface area contributed by atoms with E-state index >= 15 is 0 Å². The Morgan fingerprint density at radius 3 is 2.72 bits per heavy atom. The van der Waals surface area contributed by atoms with E-state index in [-0.39, 0.29) is 0 Å². The lowest BCUT2D eigenvalue weighted by atomic mass is 10.2. The van der Waals surface area contributed by atoms with Gasteiger partial charge in [-0.15, -0.1) is 0 Å². The zero-order valence-corrected chi connectivity index (χ0v) is 13.8. The summed E-state index contributed by atoms with van der Waals surface area (Å²) in [5.74, 6) is 1.24. The summed E-state index contributed by atoms with van der Waals surface area (Å²) in [7, 11) is 2.09. The molecule has 7 nitrogen and oxygen atoms in total. The number of aromatic nitrogens is 4. The number of anilines is 1. The van der Waals surface area contributed by atoms with Gasteiger partial charge < -0.3 is 14.8 Å². The number of likely N-dealkylation sites (N-methyl/N-ethyl adjacent to an activating group) is 1. The van der Waals surface area contributed by atoms with Crippen molar-refractivity contribution in [1.82, 2.24) is 24.8 Å². The van der Waals surface area contributed by atoms with Crippen molar-refractivity contribution in [2.45, 2.75) is 6.43 Å². The van der Waals surface area contributed by atoms with E-state index in [0.717, 1.165) is 38.1 Å². The smallest absolute Gasteiger partial charge is 0.279 e. The van der Waals surface area contributed by atoms with Crippen LogP contribution in [-0.4, -0.2) is 70.2 Å². The molecule has 3 heterocycles. The first-order chi connectivity index (χ1) is 12.0. The summed E-state index contributed by atoms with van der Waals surface area (Å²) in [5, 5.41) is 7.11. The number of nitrogens with zero attached hydrogens (tertiary/aromatic N) is 5. The number of aromatic amines is 1. The van der Waals surface area contributed by atoms with E-state index < -0.39 is 12.1 Å². The van der Waals surface area contributed by atoms with Crippen molar-refractivity contribution in [1.29, 1.82) is 5.41 Å². The van der Waals surface area contributed by atoms with E-state index in [1.54, 1.807) is 6.20 Å². The number of piperazine rings is 1. The molecule has 0 spiro atoms. The summed E-state index contributed by atoms with van der Waals surface area (Å²) in [6.07, 6.45) is 2.68. The maximum absolute atomic E-state index is 12.3. The normalized spacial score (nSPS) is 16.1. The van der Waals surface area contributed by atoms with Gasteiger partial charge in [-0.3, -0.25) is 5.41 Å². The Kier molecular flexibility index (Phi) is 5.13. The molecule has 0 radical (unpaired) electrons. The molecule has 0 aromatic carbocycles. The highest BCUT2D eigenvalue weighted by molar-refractivity contribution is 5.97. The fourth-order valence-corrected chi connectivity index (χ4v) is 2.50. The van der Waals surface area contributed by atoms with Gasteiger partial charge in [-0.25, -0.2) is 23.7 Å². The number of allylic oxidation sites excluding steroid dienone is 1. The highest BCUT2D eigenvalue weighted by Gasteiger charge is 2.16. The van der Waals surface area contributed by atoms with Crippen molar-refractivity contribution < 1.29 is 8.78 Å². The predicted octanol–water partition coefficient (Wildman–Crippen LogP) is 1.92. The molecule has 2 aromatic heterocycles. The summed E-state index contributed by atoms with van der Waals surface area (Å²) >= 11 is 0. The molecule has 0 amide bonds. The van der Waals surface area contributed by atoms with Crippen LogP contribution in [0, 0.1) is 5.41 Å². The van der Waals surface area contributed by atoms with Crippen molar-refractivity contribution in [3.8, 4) is 11.4 Å². The van der Waals surface area contributed by atoms with Crippen LogP contribution in [0.5, 0.6) is 0 Å². The van der Waals surface area contributed by atoms with Gasteiger partial charge in [0.2, 0.25) is 0 Å². The van der Waals surface area contributed by atoms with Crippen LogP contribution in [0.4, 0.5) is 14.6 Å². The fourth-order valence-electron chi connectivity index (χ4n) is 2.50. The van der Waals surface area contributed by atoms with Gasteiger partial charge in [0.25, 0.3) is 6.43 Å². The van der Waals surface area contributed by atoms with E-state index in [9.17, 15) is 8.78 Å². The number of rotatable bonds is 5. The van der Waals surface area contributed by atoms with Crippen molar-refractivity contribution in [3.05, 3.63) is 30.5 Å². The number of nitrogens with one attached hydrogen (secondary N) is 2. The molecule has 3 rings (SSSR count). The maximum atomic E-state index is 12.3. The molecule has 1 aliphatic heterocycles. The van der Waals surface area contributed by atoms with Crippen LogP contribution >= 0.6 is 0 Å². The molecule has 1 aliphatic rings. The third-order valence-electron chi connectivity index (χ3n) is 4.01. The van der Waals surface area contributed by atoms with Crippen molar-refractivity contribution in [3.63, 3.8) is 0 Å². The number of halogens is 2. The molecule has 132 valence electrons. The molecule has 1 fully saturated rings. The van der Waals surface area contributed by atoms with Crippen LogP contribution in [0.3, 0.4) is 0 Å². The number of imidazole rings is 1. The second-order valence-electron chi connectivity index (χ2n) is 5.82. The fraction of sp³-hybridized carbons (Fsp3) is 0.375. The van der Waals surface area contributed by atoms with Crippen LogP contribution < -0.4 is 4.90 Å². The van der Waals surface area contributed by atoms with Gasteiger partial charge in [-0.05, 0) is 19.2 Å². The molecule has 0 saturated carbocycles. The minimum atomic E-state index is -2.79. The van der Waals surface area contributed by atoms with Crippen molar-refractivity contribution in [2.24, 2.45) is 0 Å². The molecule has 0 bridgehead atoms. The summed E-state index contributed by atoms with van der Waals surface area (Å²) in [6, 6.07) is 1.88. The van der Waals surface area contributed by atoms with E-state index in [0.29, 0.717) is 17.2 Å². The standard InChI is InChI=1S/C16H19F2N7/c1-24-4-6-25(7-5-24)15-8-12(21-10-22-15)13-9-20-14(23-13)3-2-11(19)16(17)18/h2-3,8-10,16,19H,4-7H2,1H3,(H,20,23)/b3-2-,19-11?. The van der Waals surface area contributed by atoms with Gasteiger partial charge in [-0.1, -0.05) is 0 Å². The van der Waals surface area contributed by atoms with E-state index in [4.69, 9.17) is 5.41 Å². The first kappa shape index (κ1) is 17.2. The van der Waals surface area contributed by atoms with E-state index in [1.165, 1.54) is 12.4 Å². The largest absolute Gasteiger partial charge is 0.354 e. The van der Waals surface area contributed by atoms with Gasteiger partial charge >= 0.3 is 0 Å². The Morgan fingerprint density at radius 2 is 2.00 bits per heavy atom. The quantitative estimate of drug-likeness (QED) is 0.807. The summed E-state index contributed by atoms with van der Waals surface area (Å²) in [6.45, 7) is 3.77. The number of hydrogen-bond acceptors (Lipinski definition) is 6. The lowest BCUT2D eigenvalue weighted by molar-refractivity contribution is 0.226. The number of hydrogen-bond donors (Lipinski definition) is 2. The average molecular weight is 347 g/mol. The molecule has 2 aromatic rings. The number of alkyl halides is 2. The van der Waals surface area contributed by atoms with Crippen LogP contribution in [-0.2, 0) is 0 Å². The molecular formula is C16H19F2N7.